The van der Waals surface area contributed by atoms with Gasteiger partial charge >= 0.3 is 0 Å². The van der Waals surface area contributed by atoms with E-state index in [9.17, 15) is 4.79 Å². The van der Waals surface area contributed by atoms with E-state index in [1.165, 1.54) is 0 Å². The van der Waals surface area contributed by atoms with Crippen molar-refractivity contribution in [3.8, 4) is 0 Å². The van der Waals surface area contributed by atoms with Crippen molar-refractivity contribution in [2.45, 2.75) is 27.3 Å². The molecule has 1 aromatic carbocycles. The van der Waals surface area contributed by atoms with Crippen LogP contribution in [0, 0.1) is 20.8 Å². The quantitative estimate of drug-likeness (QED) is 0.943. The van der Waals surface area contributed by atoms with E-state index in [2.05, 4.69) is 26.3 Å². The van der Waals surface area contributed by atoms with Crippen LogP contribution in [0.15, 0.2) is 28.9 Å². The fourth-order valence-electron chi connectivity index (χ4n) is 1.91. The second-order valence-electron chi connectivity index (χ2n) is 4.55. The Bertz CT molecular complexity index is 599. The Morgan fingerprint density at radius 2 is 1.95 bits per heavy atom. The first-order valence-electron chi connectivity index (χ1n) is 6.03. The van der Waals surface area contributed by atoms with Crippen LogP contribution in [0.2, 0.25) is 0 Å². The third-order valence-electron chi connectivity index (χ3n) is 3.08. The maximum Gasteiger partial charge on any atom is 0.246 e. The van der Waals surface area contributed by atoms with E-state index in [4.69, 9.17) is 0 Å². The van der Waals surface area contributed by atoms with Gasteiger partial charge in [-0.2, -0.15) is 5.10 Å². The largest absolute Gasteiger partial charge is 0.324 e. The van der Waals surface area contributed by atoms with Crippen LogP contribution in [0.4, 0.5) is 5.69 Å². The monoisotopic (exact) mass is 321 g/mol. The van der Waals surface area contributed by atoms with Gasteiger partial charge in [0.25, 0.3) is 0 Å². The summed E-state index contributed by atoms with van der Waals surface area (Å²) < 4.78 is 2.58. The predicted octanol–water partition coefficient (Wildman–Crippen LogP) is 3.21. The molecule has 1 N–H and O–H groups in total. The lowest BCUT2D eigenvalue weighted by Gasteiger charge is -2.12. The Kier molecular flexibility index (Phi) is 4.04. The summed E-state index contributed by atoms with van der Waals surface area (Å²) in [7, 11) is 0. The molecule has 100 valence electrons. The fraction of sp³-hybridized carbons (Fsp3) is 0.286. The SMILES string of the molecule is Cc1cccc(C)c1NC(=O)Cn1ncc(Br)c1C. The smallest absolute Gasteiger partial charge is 0.246 e. The minimum atomic E-state index is -0.0731. The number of aromatic nitrogens is 2. The van der Waals surface area contributed by atoms with Gasteiger partial charge in [0.05, 0.1) is 16.4 Å². The van der Waals surface area contributed by atoms with Crippen LogP contribution in [-0.2, 0) is 11.3 Å². The summed E-state index contributed by atoms with van der Waals surface area (Å²) >= 11 is 3.38. The van der Waals surface area contributed by atoms with E-state index in [1.54, 1.807) is 10.9 Å². The molecule has 1 amide bonds. The van der Waals surface area contributed by atoms with E-state index in [0.717, 1.165) is 27.0 Å². The van der Waals surface area contributed by atoms with Crippen molar-refractivity contribution in [3.05, 3.63) is 45.7 Å². The summed E-state index contributed by atoms with van der Waals surface area (Å²) in [5, 5.41) is 7.10. The normalized spacial score (nSPS) is 10.5. The van der Waals surface area contributed by atoms with Gasteiger partial charge in [-0.15, -0.1) is 0 Å². The minimum Gasteiger partial charge on any atom is -0.324 e. The number of halogens is 1. The van der Waals surface area contributed by atoms with Crippen LogP contribution in [0.5, 0.6) is 0 Å². The summed E-state index contributed by atoms with van der Waals surface area (Å²) in [6, 6.07) is 5.95. The zero-order valence-corrected chi connectivity index (χ0v) is 12.8. The molecule has 1 aromatic heterocycles. The molecule has 1 heterocycles. The van der Waals surface area contributed by atoms with Crippen molar-refractivity contribution in [2.75, 3.05) is 5.32 Å². The van der Waals surface area contributed by atoms with Gasteiger partial charge in [0.1, 0.15) is 6.54 Å². The van der Waals surface area contributed by atoms with Gasteiger partial charge < -0.3 is 5.32 Å². The molecule has 19 heavy (non-hydrogen) atoms. The van der Waals surface area contributed by atoms with E-state index >= 15 is 0 Å². The number of aryl methyl sites for hydroxylation is 2. The van der Waals surface area contributed by atoms with Crippen molar-refractivity contribution < 1.29 is 4.79 Å². The second-order valence-corrected chi connectivity index (χ2v) is 5.40. The number of nitrogens with zero attached hydrogens (tertiary/aromatic N) is 2. The average Bonchev–Trinajstić information content (AvgIpc) is 2.66. The number of benzene rings is 1. The first-order chi connectivity index (χ1) is 8.99. The van der Waals surface area contributed by atoms with Gasteiger partial charge in [0.15, 0.2) is 0 Å². The Morgan fingerprint density at radius 1 is 1.32 bits per heavy atom. The molecule has 0 aliphatic heterocycles. The number of para-hydroxylation sites is 1. The number of rotatable bonds is 3. The van der Waals surface area contributed by atoms with E-state index < -0.39 is 0 Å². The van der Waals surface area contributed by atoms with Crippen molar-refractivity contribution in [1.82, 2.24) is 9.78 Å². The molecule has 0 spiro atoms. The summed E-state index contributed by atoms with van der Waals surface area (Å²) in [6.45, 7) is 6.10. The summed E-state index contributed by atoms with van der Waals surface area (Å²) in [5.74, 6) is -0.0731. The average molecular weight is 322 g/mol. The Morgan fingerprint density at radius 3 is 2.47 bits per heavy atom. The fourth-order valence-corrected chi connectivity index (χ4v) is 2.21. The van der Waals surface area contributed by atoms with E-state index in [1.807, 2.05) is 39.0 Å². The summed E-state index contributed by atoms with van der Waals surface area (Å²) in [5.41, 5.74) is 3.95. The Balaban J connectivity index is 2.12. The van der Waals surface area contributed by atoms with Crippen LogP contribution in [0.1, 0.15) is 16.8 Å². The molecule has 0 saturated carbocycles. The lowest BCUT2D eigenvalue weighted by Crippen LogP contribution is -2.21. The van der Waals surface area contributed by atoms with Gasteiger partial charge in [-0.05, 0) is 47.8 Å². The number of amides is 1. The maximum atomic E-state index is 12.1. The highest BCUT2D eigenvalue weighted by Crippen LogP contribution is 2.19. The minimum absolute atomic E-state index is 0.0731. The van der Waals surface area contributed by atoms with Gasteiger partial charge in [0.2, 0.25) is 5.91 Å². The molecule has 0 fully saturated rings. The highest BCUT2D eigenvalue weighted by atomic mass is 79.9. The summed E-state index contributed by atoms with van der Waals surface area (Å²) in [6.07, 6.45) is 1.70. The maximum absolute atomic E-state index is 12.1. The molecule has 4 nitrogen and oxygen atoms in total. The second kappa shape index (κ2) is 5.57. The standard InChI is InChI=1S/C14H16BrN3O/c1-9-5-4-6-10(2)14(9)17-13(19)8-18-11(3)12(15)7-16-18/h4-7H,8H2,1-3H3,(H,17,19). The van der Waals surface area contributed by atoms with E-state index in [0.29, 0.717) is 0 Å². The lowest BCUT2D eigenvalue weighted by molar-refractivity contribution is -0.116. The van der Waals surface area contributed by atoms with Crippen molar-refractivity contribution in [2.24, 2.45) is 0 Å². The number of anilines is 1. The van der Waals surface area contributed by atoms with Gasteiger partial charge in [-0.3, -0.25) is 9.48 Å². The van der Waals surface area contributed by atoms with Crippen molar-refractivity contribution in [3.63, 3.8) is 0 Å². The third kappa shape index (κ3) is 3.04. The molecule has 0 unspecified atom stereocenters. The van der Waals surface area contributed by atoms with Crippen molar-refractivity contribution in [1.29, 1.82) is 0 Å². The van der Waals surface area contributed by atoms with E-state index in [-0.39, 0.29) is 12.5 Å². The number of carbonyl (C=O) groups excluding carboxylic acids is 1. The number of hydrogen-bond acceptors (Lipinski definition) is 2. The number of hydrogen-bond donors (Lipinski definition) is 1. The first kappa shape index (κ1) is 13.8. The zero-order chi connectivity index (χ0) is 14.0. The predicted molar refractivity (Wildman–Crippen MR) is 79.2 cm³/mol. The lowest BCUT2D eigenvalue weighted by atomic mass is 10.1. The van der Waals surface area contributed by atoms with Gasteiger partial charge in [-0.25, -0.2) is 0 Å². The zero-order valence-electron chi connectivity index (χ0n) is 11.2. The Hall–Kier alpha value is -1.62. The highest BCUT2D eigenvalue weighted by Gasteiger charge is 2.10. The van der Waals surface area contributed by atoms with Gasteiger partial charge in [0, 0.05) is 5.69 Å². The summed E-state index contributed by atoms with van der Waals surface area (Å²) in [4.78, 5) is 12.1. The number of carbonyl (C=O) groups is 1. The molecule has 2 aromatic rings. The molecule has 5 heteroatoms. The number of nitrogens with one attached hydrogen (secondary N) is 1. The molecule has 0 aliphatic rings. The molecular formula is C14H16BrN3O. The van der Waals surface area contributed by atoms with Crippen LogP contribution in [0.25, 0.3) is 0 Å². The van der Waals surface area contributed by atoms with Crippen LogP contribution < -0.4 is 5.32 Å². The molecule has 0 saturated heterocycles. The first-order valence-corrected chi connectivity index (χ1v) is 6.82. The van der Waals surface area contributed by atoms with Crippen LogP contribution >= 0.6 is 15.9 Å². The Labute approximate surface area is 120 Å². The van der Waals surface area contributed by atoms with Crippen LogP contribution in [-0.4, -0.2) is 15.7 Å². The van der Waals surface area contributed by atoms with Crippen LogP contribution in [0.3, 0.4) is 0 Å². The van der Waals surface area contributed by atoms with Crippen molar-refractivity contribution >= 4 is 27.5 Å². The highest BCUT2D eigenvalue weighted by molar-refractivity contribution is 9.10. The van der Waals surface area contributed by atoms with Gasteiger partial charge in [-0.1, -0.05) is 18.2 Å². The third-order valence-corrected chi connectivity index (χ3v) is 3.86. The molecule has 0 bridgehead atoms. The molecule has 2 rings (SSSR count). The molecule has 0 aliphatic carbocycles. The molecule has 0 radical (unpaired) electrons. The topological polar surface area (TPSA) is 46.9 Å². The molecular weight excluding hydrogens is 306 g/mol. The molecule has 0 atom stereocenters.